The second-order valence-electron chi connectivity index (χ2n) is 7.61. The highest BCUT2D eigenvalue weighted by atomic mass is 32.2. The molecule has 1 amide bonds. The molecule has 0 unspecified atom stereocenters. The molecule has 1 aliphatic heterocycles. The van der Waals surface area contributed by atoms with E-state index in [0.29, 0.717) is 44.8 Å². The Labute approximate surface area is 172 Å². The highest BCUT2D eigenvalue weighted by Crippen LogP contribution is 2.26. The summed E-state index contributed by atoms with van der Waals surface area (Å²) >= 11 is 0. The first-order valence-corrected chi connectivity index (χ1v) is 11.4. The number of halogens is 1. The van der Waals surface area contributed by atoms with Gasteiger partial charge in [0.1, 0.15) is 5.82 Å². The van der Waals surface area contributed by atoms with Crippen LogP contribution in [0.3, 0.4) is 0 Å². The van der Waals surface area contributed by atoms with Crippen molar-refractivity contribution in [3.8, 4) is 0 Å². The largest absolute Gasteiger partial charge is 0.352 e. The minimum atomic E-state index is -3.67. The number of piperidine rings is 1. The predicted molar refractivity (Wildman–Crippen MR) is 110 cm³/mol. The van der Waals surface area contributed by atoms with E-state index in [9.17, 15) is 17.6 Å². The topological polar surface area (TPSA) is 66.5 Å². The Hall–Kier alpha value is -2.25. The fraction of sp³-hybridized carbons (Fsp3) is 0.409. The van der Waals surface area contributed by atoms with Crippen molar-refractivity contribution in [1.29, 1.82) is 0 Å². The fourth-order valence-electron chi connectivity index (χ4n) is 3.55. The second-order valence-corrected chi connectivity index (χ2v) is 9.54. The first-order chi connectivity index (χ1) is 13.8. The number of amides is 1. The number of rotatable bonds is 7. The van der Waals surface area contributed by atoms with Crippen LogP contribution in [0.5, 0.6) is 0 Å². The van der Waals surface area contributed by atoms with Crippen molar-refractivity contribution in [3.05, 3.63) is 65.5 Å². The molecule has 0 aliphatic carbocycles. The Bertz CT molecular complexity index is 937. The number of nitrogens with one attached hydrogen (secondary N) is 1. The van der Waals surface area contributed by atoms with Gasteiger partial charge in [-0.25, -0.2) is 12.8 Å². The maximum Gasteiger partial charge on any atom is 0.243 e. The SMILES string of the molecule is Cc1ccc(CNC(=O)CCC2CCN(S(=O)(=O)c3cccc(F)c3)CC2)cc1. The van der Waals surface area contributed by atoms with E-state index in [2.05, 4.69) is 5.32 Å². The molecule has 0 bridgehead atoms. The fourth-order valence-corrected chi connectivity index (χ4v) is 5.05. The van der Waals surface area contributed by atoms with E-state index >= 15 is 0 Å². The lowest BCUT2D eigenvalue weighted by molar-refractivity contribution is -0.121. The summed E-state index contributed by atoms with van der Waals surface area (Å²) in [6.45, 7) is 3.34. The summed E-state index contributed by atoms with van der Waals surface area (Å²) < 4.78 is 40.1. The van der Waals surface area contributed by atoms with Crippen LogP contribution in [0.15, 0.2) is 53.4 Å². The minimum absolute atomic E-state index is 0.00793. The number of hydrogen-bond donors (Lipinski definition) is 1. The molecular weight excluding hydrogens is 391 g/mol. The maximum absolute atomic E-state index is 13.4. The van der Waals surface area contributed by atoms with Gasteiger partial charge in [0.05, 0.1) is 4.90 Å². The third-order valence-electron chi connectivity index (χ3n) is 5.40. The molecule has 5 nitrogen and oxygen atoms in total. The number of carbonyl (C=O) groups is 1. The molecule has 1 aliphatic rings. The van der Waals surface area contributed by atoms with E-state index in [1.165, 1.54) is 28.1 Å². The molecule has 0 radical (unpaired) electrons. The number of benzene rings is 2. The van der Waals surface area contributed by atoms with Crippen molar-refractivity contribution >= 4 is 15.9 Å². The van der Waals surface area contributed by atoms with Crippen LogP contribution in [-0.2, 0) is 21.4 Å². The number of carbonyl (C=O) groups excluding carboxylic acids is 1. The van der Waals surface area contributed by atoms with Gasteiger partial charge in [-0.05, 0) is 55.9 Å². The summed E-state index contributed by atoms with van der Waals surface area (Å²) in [5.74, 6) is -0.225. The summed E-state index contributed by atoms with van der Waals surface area (Å²) in [5, 5.41) is 2.94. The molecule has 1 fully saturated rings. The monoisotopic (exact) mass is 418 g/mol. The molecular formula is C22H27FN2O3S. The highest BCUT2D eigenvalue weighted by Gasteiger charge is 2.29. The normalized spacial score (nSPS) is 15.9. The lowest BCUT2D eigenvalue weighted by atomic mass is 9.93. The van der Waals surface area contributed by atoms with E-state index in [1.807, 2.05) is 31.2 Å². The number of sulfonamides is 1. The van der Waals surface area contributed by atoms with Crippen LogP contribution in [0, 0.1) is 18.7 Å². The summed E-state index contributed by atoms with van der Waals surface area (Å²) in [7, 11) is -3.67. The third kappa shape index (κ3) is 5.87. The van der Waals surface area contributed by atoms with Crippen molar-refractivity contribution in [2.75, 3.05) is 13.1 Å². The Morgan fingerprint density at radius 3 is 2.48 bits per heavy atom. The molecule has 0 saturated carbocycles. The average molecular weight is 419 g/mol. The quantitative estimate of drug-likeness (QED) is 0.747. The van der Waals surface area contributed by atoms with Crippen LogP contribution >= 0.6 is 0 Å². The predicted octanol–water partition coefficient (Wildman–Crippen LogP) is 3.63. The molecule has 7 heteroatoms. The molecule has 1 N–H and O–H groups in total. The van der Waals surface area contributed by atoms with Crippen molar-refractivity contribution < 1.29 is 17.6 Å². The zero-order valence-corrected chi connectivity index (χ0v) is 17.4. The Kier molecular flexibility index (Phi) is 7.03. The van der Waals surface area contributed by atoms with Gasteiger partial charge < -0.3 is 5.32 Å². The standard InChI is InChI=1S/C22H27FN2O3S/c1-17-5-7-19(8-6-17)16-24-22(26)10-9-18-11-13-25(14-12-18)29(27,28)21-4-2-3-20(23)15-21/h2-8,15,18H,9-14,16H2,1H3,(H,24,26). The number of nitrogens with zero attached hydrogens (tertiary/aromatic N) is 1. The van der Waals surface area contributed by atoms with E-state index in [1.54, 1.807) is 0 Å². The molecule has 3 rings (SSSR count). The second kappa shape index (κ2) is 9.50. The van der Waals surface area contributed by atoms with Crippen LogP contribution in [0.25, 0.3) is 0 Å². The Morgan fingerprint density at radius 1 is 1.14 bits per heavy atom. The molecule has 2 aromatic carbocycles. The van der Waals surface area contributed by atoms with Gasteiger partial charge in [-0.1, -0.05) is 35.9 Å². The molecule has 1 saturated heterocycles. The molecule has 0 aromatic heterocycles. The van der Waals surface area contributed by atoms with E-state index < -0.39 is 15.8 Å². The lowest BCUT2D eigenvalue weighted by Gasteiger charge is -2.31. The maximum atomic E-state index is 13.4. The number of hydrogen-bond acceptors (Lipinski definition) is 3. The van der Waals surface area contributed by atoms with Crippen LogP contribution in [-0.4, -0.2) is 31.7 Å². The van der Waals surface area contributed by atoms with Gasteiger partial charge in [-0.15, -0.1) is 0 Å². The van der Waals surface area contributed by atoms with Gasteiger partial charge in [-0.3, -0.25) is 4.79 Å². The average Bonchev–Trinajstić information content (AvgIpc) is 2.72. The van der Waals surface area contributed by atoms with Crippen molar-refractivity contribution in [2.45, 2.75) is 44.0 Å². The van der Waals surface area contributed by atoms with Crippen LogP contribution in [0.2, 0.25) is 0 Å². The lowest BCUT2D eigenvalue weighted by Crippen LogP contribution is -2.38. The van der Waals surface area contributed by atoms with Crippen LogP contribution < -0.4 is 5.32 Å². The third-order valence-corrected chi connectivity index (χ3v) is 7.29. The molecule has 156 valence electrons. The molecule has 2 aromatic rings. The van der Waals surface area contributed by atoms with Gasteiger partial charge in [-0.2, -0.15) is 4.31 Å². The van der Waals surface area contributed by atoms with E-state index in [4.69, 9.17) is 0 Å². The summed E-state index contributed by atoms with van der Waals surface area (Å²) in [5.41, 5.74) is 2.26. The molecule has 1 heterocycles. The summed E-state index contributed by atoms with van der Waals surface area (Å²) in [6, 6.07) is 13.2. The van der Waals surface area contributed by atoms with Crippen LogP contribution in [0.1, 0.15) is 36.8 Å². The van der Waals surface area contributed by atoms with Gasteiger partial charge in [0.25, 0.3) is 0 Å². The van der Waals surface area contributed by atoms with E-state index in [-0.39, 0.29) is 10.8 Å². The Morgan fingerprint density at radius 2 is 1.83 bits per heavy atom. The van der Waals surface area contributed by atoms with Gasteiger partial charge in [0, 0.05) is 26.1 Å². The van der Waals surface area contributed by atoms with Crippen LogP contribution in [0.4, 0.5) is 4.39 Å². The van der Waals surface area contributed by atoms with Gasteiger partial charge >= 0.3 is 0 Å². The highest BCUT2D eigenvalue weighted by molar-refractivity contribution is 7.89. The van der Waals surface area contributed by atoms with E-state index in [0.717, 1.165) is 18.1 Å². The minimum Gasteiger partial charge on any atom is -0.352 e. The van der Waals surface area contributed by atoms with Crippen molar-refractivity contribution in [3.63, 3.8) is 0 Å². The zero-order chi connectivity index (χ0) is 20.9. The molecule has 29 heavy (non-hydrogen) atoms. The zero-order valence-electron chi connectivity index (χ0n) is 16.6. The van der Waals surface area contributed by atoms with Crippen molar-refractivity contribution in [2.24, 2.45) is 5.92 Å². The summed E-state index contributed by atoms with van der Waals surface area (Å²) in [4.78, 5) is 12.1. The smallest absolute Gasteiger partial charge is 0.243 e. The number of aryl methyl sites for hydroxylation is 1. The molecule has 0 spiro atoms. The Balaban J connectivity index is 1.42. The first kappa shape index (κ1) is 21.5. The van der Waals surface area contributed by atoms with Gasteiger partial charge in [0.2, 0.25) is 15.9 Å². The summed E-state index contributed by atoms with van der Waals surface area (Å²) in [6.07, 6.45) is 2.60. The first-order valence-electron chi connectivity index (χ1n) is 9.92. The van der Waals surface area contributed by atoms with Crippen molar-refractivity contribution in [1.82, 2.24) is 9.62 Å². The van der Waals surface area contributed by atoms with Gasteiger partial charge in [0.15, 0.2) is 0 Å². The molecule has 0 atom stereocenters.